The topological polar surface area (TPSA) is 88.9 Å². The van der Waals surface area contributed by atoms with E-state index in [9.17, 15) is 4.79 Å². The molecule has 0 bridgehead atoms. The van der Waals surface area contributed by atoms with Gasteiger partial charge in [0.25, 0.3) is 5.56 Å². The molecule has 0 saturated carbocycles. The smallest absolute Gasteiger partial charge is 0.253 e. The molecular formula is C22H30N6O2. The quantitative estimate of drug-likeness (QED) is 0.643. The standard InChI is InChI=1S/C22H30N6O2/c1-5-22(3,4)28-20(24-25-26-28)19(27-11-7-8-12-27)17-14-15-13-16(30-6-2)9-10-18(15)23-21(17)29/h9-10,13-14,19H,5-8,11-12H2,1-4H3,(H,23,29)/t19-/m1/s1. The molecule has 8 heteroatoms. The van der Waals surface area contributed by atoms with Crippen LogP contribution < -0.4 is 10.3 Å². The van der Waals surface area contributed by atoms with Gasteiger partial charge in [0.15, 0.2) is 5.82 Å². The molecule has 1 saturated heterocycles. The summed E-state index contributed by atoms with van der Waals surface area (Å²) in [6.07, 6.45) is 3.09. The third-order valence-corrected chi connectivity index (χ3v) is 6.13. The Morgan fingerprint density at radius 3 is 2.67 bits per heavy atom. The number of rotatable bonds is 7. The zero-order chi connectivity index (χ0) is 21.3. The molecule has 2 aromatic heterocycles. The molecule has 0 aliphatic carbocycles. The van der Waals surface area contributed by atoms with E-state index in [1.165, 1.54) is 0 Å². The third-order valence-electron chi connectivity index (χ3n) is 6.13. The number of nitrogens with zero attached hydrogens (tertiary/aromatic N) is 5. The van der Waals surface area contributed by atoms with E-state index >= 15 is 0 Å². The Morgan fingerprint density at radius 2 is 1.97 bits per heavy atom. The van der Waals surface area contributed by atoms with Gasteiger partial charge in [0.2, 0.25) is 0 Å². The first-order valence-electron chi connectivity index (χ1n) is 10.8. The monoisotopic (exact) mass is 410 g/mol. The van der Waals surface area contributed by atoms with Gasteiger partial charge in [-0.1, -0.05) is 6.92 Å². The second-order valence-corrected chi connectivity index (χ2v) is 8.50. The molecule has 4 rings (SSSR count). The van der Waals surface area contributed by atoms with Gasteiger partial charge in [-0.15, -0.1) is 5.10 Å². The maximum atomic E-state index is 13.2. The minimum atomic E-state index is -0.294. The van der Waals surface area contributed by atoms with Crippen molar-refractivity contribution in [3.8, 4) is 5.75 Å². The van der Waals surface area contributed by atoms with E-state index in [1.54, 1.807) is 0 Å². The Balaban J connectivity index is 1.88. The Kier molecular flexibility index (Phi) is 5.60. The lowest BCUT2D eigenvalue weighted by molar-refractivity contribution is 0.230. The number of benzene rings is 1. The molecule has 1 atom stereocenters. The number of tetrazole rings is 1. The first kappa shape index (κ1) is 20.5. The summed E-state index contributed by atoms with van der Waals surface area (Å²) in [7, 11) is 0. The summed E-state index contributed by atoms with van der Waals surface area (Å²) in [5, 5.41) is 13.6. The minimum Gasteiger partial charge on any atom is -0.494 e. The van der Waals surface area contributed by atoms with Crippen molar-refractivity contribution in [3.05, 3.63) is 46.0 Å². The molecule has 8 nitrogen and oxygen atoms in total. The number of likely N-dealkylation sites (tertiary alicyclic amines) is 1. The highest BCUT2D eigenvalue weighted by Crippen LogP contribution is 2.32. The lowest BCUT2D eigenvalue weighted by Crippen LogP contribution is -2.37. The summed E-state index contributed by atoms with van der Waals surface area (Å²) in [5.41, 5.74) is 1.11. The van der Waals surface area contributed by atoms with Gasteiger partial charge < -0.3 is 9.72 Å². The molecule has 1 N–H and O–H groups in total. The van der Waals surface area contributed by atoms with Gasteiger partial charge in [-0.2, -0.15) is 0 Å². The fourth-order valence-corrected chi connectivity index (χ4v) is 4.11. The van der Waals surface area contributed by atoms with Crippen LogP contribution in [0.15, 0.2) is 29.1 Å². The number of ether oxygens (including phenoxy) is 1. The molecular weight excluding hydrogens is 380 g/mol. The van der Waals surface area contributed by atoms with Crippen LogP contribution in [-0.4, -0.2) is 49.8 Å². The predicted molar refractivity (Wildman–Crippen MR) is 116 cm³/mol. The molecule has 0 spiro atoms. The fraction of sp³-hybridized carbons (Fsp3) is 0.545. The van der Waals surface area contributed by atoms with Crippen molar-refractivity contribution in [1.29, 1.82) is 0 Å². The Morgan fingerprint density at radius 1 is 1.20 bits per heavy atom. The van der Waals surface area contributed by atoms with Crippen LogP contribution in [0.3, 0.4) is 0 Å². The molecule has 0 unspecified atom stereocenters. The number of aromatic nitrogens is 5. The van der Waals surface area contributed by atoms with Crippen molar-refractivity contribution in [2.24, 2.45) is 0 Å². The van der Waals surface area contributed by atoms with Gasteiger partial charge in [-0.3, -0.25) is 9.69 Å². The Labute approximate surface area is 176 Å². The van der Waals surface area contributed by atoms with E-state index in [0.717, 1.165) is 54.8 Å². The van der Waals surface area contributed by atoms with Gasteiger partial charge in [0, 0.05) is 16.5 Å². The zero-order valence-electron chi connectivity index (χ0n) is 18.2. The normalized spacial score (nSPS) is 16.3. The Hall–Kier alpha value is -2.74. The number of hydrogen-bond donors (Lipinski definition) is 1. The summed E-state index contributed by atoms with van der Waals surface area (Å²) < 4.78 is 7.54. The molecule has 3 aromatic rings. The molecule has 160 valence electrons. The van der Waals surface area contributed by atoms with Crippen LogP contribution in [0.1, 0.15) is 64.4 Å². The summed E-state index contributed by atoms with van der Waals surface area (Å²) in [5.74, 6) is 1.51. The molecule has 1 aromatic carbocycles. The van der Waals surface area contributed by atoms with Crippen LogP contribution in [0.5, 0.6) is 5.75 Å². The summed E-state index contributed by atoms with van der Waals surface area (Å²) >= 11 is 0. The number of aromatic amines is 1. The molecule has 0 amide bonds. The number of H-pyrrole nitrogens is 1. The number of hydrogen-bond acceptors (Lipinski definition) is 6. The highest BCUT2D eigenvalue weighted by Gasteiger charge is 2.35. The van der Waals surface area contributed by atoms with E-state index in [2.05, 4.69) is 46.2 Å². The van der Waals surface area contributed by atoms with Crippen molar-refractivity contribution >= 4 is 10.9 Å². The van der Waals surface area contributed by atoms with E-state index < -0.39 is 0 Å². The average molecular weight is 411 g/mol. The molecule has 30 heavy (non-hydrogen) atoms. The SMILES string of the molecule is CCOc1ccc2[nH]c(=O)c([C@H](c3nnnn3C(C)(C)CC)N3CCCC3)cc2c1. The maximum absolute atomic E-state index is 13.2. The molecule has 3 heterocycles. The summed E-state index contributed by atoms with van der Waals surface area (Å²) in [6, 6.07) is 7.41. The van der Waals surface area contributed by atoms with Crippen LogP contribution >= 0.6 is 0 Å². The maximum Gasteiger partial charge on any atom is 0.253 e. The predicted octanol–water partition coefficient (Wildman–Crippen LogP) is 3.24. The lowest BCUT2D eigenvalue weighted by atomic mass is 9.99. The number of fused-ring (bicyclic) bond motifs is 1. The van der Waals surface area contributed by atoms with E-state index in [0.29, 0.717) is 12.2 Å². The highest BCUT2D eigenvalue weighted by molar-refractivity contribution is 5.80. The second-order valence-electron chi connectivity index (χ2n) is 8.50. The zero-order valence-corrected chi connectivity index (χ0v) is 18.2. The van der Waals surface area contributed by atoms with E-state index in [4.69, 9.17) is 4.74 Å². The van der Waals surface area contributed by atoms with Crippen LogP contribution in [0, 0.1) is 0 Å². The van der Waals surface area contributed by atoms with Crippen molar-refractivity contribution in [1.82, 2.24) is 30.1 Å². The summed E-state index contributed by atoms with van der Waals surface area (Å²) in [4.78, 5) is 18.5. The fourth-order valence-electron chi connectivity index (χ4n) is 4.11. The van der Waals surface area contributed by atoms with Crippen molar-refractivity contribution in [2.75, 3.05) is 19.7 Å². The first-order valence-corrected chi connectivity index (χ1v) is 10.8. The highest BCUT2D eigenvalue weighted by atomic mass is 16.5. The van der Waals surface area contributed by atoms with Crippen LogP contribution in [0.2, 0.25) is 0 Å². The largest absolute Gasteiger partial charge is 0.494 e. The van der Waals surface area contributed by atoms with Gasteiger partial charge in [-0.25, -0.2) is 4.68 Å². The number of pyridine rings is 1. The van der Waals surface area contributed by atoms with Crippen molar-refractivity contribution in [2.45, 2.75) is 58.5 Å². The second kappa shape index (κ2) is 8.18. The van der Waals surface area contributed by atoms with Gasteiger partial charge in [0.1, 0.15) is 11.8 Å². The minimum absolute atomic E-state index is 0.104. The van der Waals surface area contributed by atoms with Crippen LogP contribution in [-0.2, 0) is 5.54 Å². The summed E-state index contributed by atoms with van der Waals surface area (Å²) in [6.45, 7) is 10.7. The van der Waals surface area contributed by atoms with Crippen LogP contribution in [0.4, 0.5) is 0 Å². The Bertz CT molecular complexity index is 1080. The third kappa shape index (κ3) is 3.71. The van der Waals surface area contributed by atoms with E-state index in [-0.39, 0.29) is 17.1 Å². The van der Waals surface area contributed by atoms with Gasteiger partial charge >= 0.3 is 0 Å². The van der Waals surface area contributed by atoms with Gasteiger partial charge in [0.05, 0.1) is 12.1 Å². The van der Waals surface area contributed by atoms with Gasteiger partial charge in [-0.05, 0) is 87.8 Å². The molecule has 0 radical (unpaired) electrons. The van der Waals surface area contributed by atoms with Crippen molar-refractivity contribution < 1.29 is 4.74 Å². The molecule has 1 aliphatic heterocycles. The van der Waals surface area contributed by atoms with Crippen molar-refractivity contribution in [3.63, 3.8) is 0 Å². The number of nitrogens with one attached hydrogen (secondary N) is 1. The lowest BCUT2D eigenvalue weighted by Gasteiger charge is -2.30. The van der Waals surface area contributed by atoms with Crippen LogP contribution in [0.25, 0.3) is 10.9 Å². The first-order chi connectivity index (χ1) is 14.4. The average Bonchev–Trinajstić information content (AvgIpc) is 3.42. The molecule has 1 aliphatic rings. The molecule has 1 fully saturated rings. The van der Waals surface area contributed by atoms with E-state index in [1.807, 2.05) is 35.9 Å².